The zero-order chi connectivity index (χ0) is 8.39. The fourth-order valence-electron chi connectivity index (χ4n) is 1.34. The molecule has 2 rings (SSSR count). The molecule has 1 aromatic rings. The second kappa shape index (κ2) is 6.01. The SMILES string of the molecule is Cl.Cl.NCC1CN(c2ncccn2)C1. The molecule has 1 fully saturated rings. The Morgan fingerprint density at radius 3 is 2.36 bits per heavy atom. The molecule has 0 spiro atoms. The summed E-state index contributed by atoms with van der Waals surface area (Å²) in [7, 11) is 0. The molecular formula is C8H14Cl2N4. The summed E-state index contributed by atoms with van der Waals surface area (Å²) in [6.07, 6.45) is 3.52. The normalized spacial score (nSPS) is 15.1. The first-order valence-electron chi connectivity index (χ1n) is 4.12. The summed E-state index contributed by atoms with van der Waals surface area (Å²) < 4.78 is 0. The average Bonchev–Trinajstić information content (AvgIpc) is 2.04. The number of hydrogen-bond acceptors (Lipinski definition) is 4. The quantitative estimate of drug-likeness (QED) is 0.823. The smallest absolute Gasteiger partial charge is 0.225 e. The summed E-state index contributed by atoms with van der Waals surface area (Å²) in [6.45, 7) is 2.77. The van der Waals surface area contributed by atoms with Crippen LogP contribution in [0.2, 0.25) is 0 Å². The number of rotatable bonds is 2. The monoisotopic (exact) mass is 236 g/mol. The standard InChI is InChI=1S/C8H12N4.2ClH/c9-4-7-5-12(6-7)8-10-2-1-3-11-8;;/h1-3,7H,4-6,9H2;2*1H. The molecule has 0 bridgehead atoms. The van der Waals surface area contributed by atoms with Crippen molar-refractivity contribution >= 4 is 30.8 Å². The highest BCUT2D eigenvalue weighted by molar-refractivity contribution is 5.85. The van der Waals surface area contributed by atoms with Gasteiger partial charge in [0, 0.05) is 31.4 Å². The lowest BCUT2D eigenvalue weighted by Gasteiger charge is -2.38. The van der Waals surface area contributed by atoms with Crippen molar-refractivity contribution in [3.8, 4) is 0 Å². The van der Waals surface area contributed by atoms with Crippen LogP contribution in [-0.4, -0.2) is 29.6 Å². The number of halogens is 2. The topological polar surface area (TPSA) is 55.0 Å². The molecule has 0 unspecified atom stereocenters. The third kappa shape index (κ3) is 2.70. The number of hydrogen-bond donors (Lipinski definition) is 1. The van der Waals surface area contributed by atoms with E-state index < -0.39 is 0 Å². The molecule has 1 aromatic heterocycles. The van der Waals surface area contributed by atoms with Crippen molar-refractivity contribution in [2.45, 2.75) is 0 Å². The Bertz CT molecular complexity index is 251. The molecule has 2 heterocycles. The lowest BCUT2D eigenvalue weighted by atomic mass is 10.0. The summed E-state index contributed by atoms with van der Waals surface area (Å²) in [4.78, 5) is 10.4. The van der Waals surface area contributed by atoms with Crippen molar-refractivity contribution in [3.05, 3.63) is 18.5 Å². The second-order valence-corrected chi connectivity index (χ2v) is 3.06. The first-order chi connectivity index (χ1) is 5.90. The Hall–Kier alpha value is -0.580. The third-order valence-corrected chi connectivity index (χ3v) is 2.13. The van der Waals surface area contributed by atoms with Crippen LogP contribution in [0.3, 0.4) is 0 Å². The summed E-state index contributed by atoms with van der Waals surface area (Å²) in [5.74, 6) is 1.45. The van der Waals surface area contributed by atoms with E-state index in [1.807, 2.05) is 6.07 Å². The van der Waals surface area contributed by atoms with Gasteiger partial charge in [0.15, 0.2) is 0 Å². The maximum Gasteiger partial charge on any atom is 0.225 e. The number of nitrogens with zero attached hydrogens (tertiary/aromatic N) is 3. The highest BCUT2D eigenvalue weighted by Gasteiger charge is 2.26. The van der Waals surface area contributed by atoms with Gasteiger partial charge < -0.3 is 10.6 Å². The first kappa shape index (κ1) is 13.4. The van der Waals surface area contributed by atoms with E-state index in [2.05, 4.69) is 14.9 Å². The molecule has 14 heavy (non-hydrogen) atoms. The minimum absolute atomic E-state index is 0. The minimum atomic E-state index is 0. The Morgan fingerprint density at radius 1 is 1.29 bits per heavy atom. The molecule has 0 saturated carbocycles. The van der Waals surface area contributed by atoms with Gasteiger partial charge in [-0.15, -0.1) is 24.8 Å². The van der Waals surface area contributed by atoms with Crippen LogP contribution < -0.4 is 10.6 Å². The highest BCUT2D eigenvalue weighted by atomic mass is 35.5. The van der Waals surface area contributed by atoms with Crippen LogP contribution in [-0.2, 0) is 0 Å². The van der Waals surface area contributed by atoms with Crippen LogP contribution in [0.25, 0.3) is 0 Å². The lowest BCUT2D eigenvalue weighted by molar-refractivity contribution is 0.413. The molecule has 0 radical (unpaired) electrons. The van der Waals surface area contributed by atoms with Crippen molar-refractivity contribution in [2.24, 2.45) is 11.7 Å². The van der Waals surface area contributed by atoms with Gasteiger partial charge in [0.1, 0.15) is 0 Å². The molecular weight excluding hydrogens is 223 g/mol. The largest absolute Gasteiger partial charge is 0.340 e. The molecule has 1 saturated heterocycles. The average molecular weight is 237 g/mol. The van der Waals surface area contributed by atoms with Crippen molar-refractivity contribution in [1.29, 1.82) is 0 Å². The van der Waals surface area contributed by atoms with Crippen molar-refractivity contribution in [1.82, 2.24) is 9.97 Å². The van der Waals surface area contributed by atoms with E-state index in [0.29, 0.717) is 5.92 Å². The van der Waals surface area contributed by atoms with E-state index in [-0.39, 0.29) is 24.8 Å². The van der Waals surface area contributed by atoms with Gasteiger partial charge in [0.25, 0.3) is 0 Å². The Balaban J connectivity index is 0.000000845. The van der Waals surface area contributed by atoms with Crippen LogP contribution in [0, 0.1) is 5.92 Å². The summed E-state index contributed by atoms with van der Waals surface area (Å²) in [5, 5.41) is 0. The summed E-state index contributed by atoms with van der Waals surface area (Å²) >= 11 is 0. The van der Waals surface area contributed by atoms with Gasteiger partial charge >= 0.3 is 0 Å². The van der Waals surface area contributed by atoms with E-state index >= 15 is 0 Å². The summed E-state index contributed by atoms with van der Waals surface area (Å²) in [6, 6.07) is 1.82. The maximum atomic E-state index is 5.51. The van der Waals surface area contributed by atoms with Crippen LogP contribution in [0.15, 0.2) is 18.5 Å². The van der Waals surface area contributed by atoms with Crippen molar-refractivity contribution in [3.63, 3.8) is 0 Å². The maximum absolute atomic E-state index is 5.51. The van der Waals surface area contributed by atoms with E-state index in [9.17, 15) is 0 Å². The fraction of sp³-hybridized carbons (Fsp3) is 0.500. The molecule has 4 nitrogen and oxygen atoms in total. The van der Waals surface area contributed by atoms with Gasteiger partial charge in [0.05, 0.1) is 0 Å². The molecule has 80 valence electrons. The fourth-order valence-corrected chi connectivity index (χ4v) is 1.34. The Morgan fingerprint density at radius 2 is 1.86 bits per heavy atom. The van der Waals surface area contributed by atoms with Crippen LogP contribution in [0.1, 0.15) is 0 Å². The third-order valence-electron chi connectivity index (χ3n) is 2.13. The van der Waals surface area contributed by atoms with E-state index in [1.165, 1.54) is 0 Å². The minimum Gasteiger partial charge on any atom is -0.340 e. The predicted molar refractivity (Wildman–Crippen MR) is 61.3 cm³/mol. The van der Waals surface area contributed by atoms with Crippen molar-refractivity contribution < 1.29 is 0 Å². The van der Waals surface area contributed by atoms with Crippen molar-refractivity contribution in [2.75, 3.05) is 24.5 Å². The number of anilines is 1. The van der Waals surface area contributed by atoms with E-state index in [0.717, 1.165) is 25.6 Å². The second-order valence-electron chi connectivity index (χ2n) is 3.06. The Labute approximate surface area is 95.7 Å². The first-order valence-corrected chi connectivity index (χ1v) is 4.12. The zero-order valence-electron chi connectivity index (χ0n) is 7.67. The van der Waals surface area contributed by atoms with Crippen LogP contribution in [0.5, 0.6) is 0 Å². The highest BCUT2D eigenvalue weighted by Crippen LogP contribution is 2.18. The number of aromatic nitrogens is 2. The van der Waals surface area contributed by atoms with Gasteiger partial charge in [-0.2, -0.15) is 0 Å². The van der Waals surface area contributed by atoms with Crippen LogP contribution in [0.4, 0.5) is 5.95 Å². The molecule has 1 aliphatic rings. The molecule has 1 aliphatic heterocycles. The molecule has 0 atom stereocenters. The predicted octanol–water partition coefficient (Wildman–Crippen LogP) is 0.715. The molecule has 0 aliphatic carbocycles. The number of nitrogens with two attached hydrogens (primary N) is 1. The molecule has 0 amide bonds. The molecule has 0 aromatic carbocycles. The molecule has 2 N–H and O–H groups in total. The van der Waals surface area contributed by atoms with E-state index in [4.69, 9.17) is 5.73 Å². The van der Waals surface area contributed by atoms with Gasteiger partial charge in [-0.05, 0) is 12.6 Å². The summed E-state index contributed by atoms with van der Waals surface area (Å²) in [5.41, 5.74) is 5.51. The van der Waals surface area contributed by atoms with Gasteiger partial charge in [-0.1, -0.05) is 0 Å². The van der Waals surface area contributed by atoms with E-state index in [1.54, 1.807) is 12.4 Å². The molecule has 6 heteroatoms. The van der Waals surface area contributed by atoms with Gasteiger partial charge in [-0.25, -0.2) is 9.97 Å². The van der Waals surface area contributed by atoms with Gasteiger partial charge in [-0.3, -0.25) is 0 Å². The van der Waals surface area contributed by atoms with Gasteiger partial charge in [0.2, 0.25) is 5.95 Å². The lowest BCUT2D eigenvalue weighted by Crippen LogP contribution is -2.50. The zero-order valence-corrected chi connectivity index (χ0v) is 9.30. The Kier molecular flexibility index (Phi) is 5.76. The van der Waals surface area contributed by atoms with Crippen LogP contribution >= 0.6 is 24.8 Å².